The van der Waals surface area contributed by atoms with Crippen LogP contribution in [0.3, 0.4) is 0 Å². The second-order valence-electron chi connectivity index (χ2n) is 2.65. The van der Waals surface area contributed by atoms with Gasteiger partial charge in [0.1, 0.15) is 0 Å². The third kappa shape index (κ3) is 3.89. The molecule has 1 atom stereocenters. The smallest absolute Gasteiger partial charge is 0.374 e. The van der Waals surface area contributed by atoms with Crippen molar-refractivity contribution in [1.29, 1.82) is 0 Å². The first kappa shape index (κ1) is 17.8. The zero-order valence-electron chi connectivity index (χ0n) is 8.82. The number of hydrogen-bond donors (Lipinski definition) is 0. The van der Waals surface area contributed by atoms with E-state index in [0.717, 1.165) is 14.2 Å². The van der Waals surface area contributed by atoms with Gasteiger partial charge in [0.2, 0.25) is 7.60 Å². The van der Waals surface area contributed by atoms with Crippen molar-refractivity contribution in [2.24, 2.45) is 0 Å². The predicted molar refractivity (Wildman–Crippen MR) is 59.6 cm³/mol. The van der Waals surface area contributed by atoms with Gasteiger partial charge in [-0.1, -0.05) is 23.2 Å². The second-order valence-corrected chi connectivity index (χ2v) is 11.4. The summed E-state index contributed by atoms with van der Waals surface area (Å²) in [5, 5.41) is 0. The van der Waals surface area contributed by atoms with Gasteiger partial charge in [0.15, 0.2) is 0 Å². The van der Waals surface area contributed by atoms with Crippen molar-refractivity contribution < 1.29 is 35.5 Å². The number of halogens is 2. The Morgan fingerprint density at radius 2 is 1.53 bits per heavy atom. The fraction of sp³-hybridized carbons (Fsp3) is 1.00. The lowest BCUT2D eigenvalue weighted by molar-refractivity contribution is -0.191. The lowest BCUT2D eigenvalue weighted by Gasteiger charge is -2.35. The molecule has 0 aromatic heterocycles. The molecule has 0 aromatic rings. The average Bonchev–Trinajstić information content (AvgIpc) is 2.12. The Hall–Kier alpha value is 0.830. The SMILES string of the molecule is COP(=O)(OC)C(Cl)(Cl)P(=O)([O-])OS(C)(=O)=O. The van der Waals surface area contributed by atoms with E-state index in [1.54, 1.807) is 0 Å². The highest BCUT2D eigenvalue weighted by Crippen LogP contribution is 2.78. The number of alkyl halides is 2. The molecule has 0 heterocycles. The largest absolute Gasteiger partial charge is 0.775 e. The zero-order chi connectivity index (χ0) is 14.1. The third-order valence-electron chi connectivity index (χ3n) is 1.37. The first-order valence-electron chi connectivity index (χ1n) is 3.65. The first-order chi connectivity index (χ1) is 7.33. The minimum Gasteiger partial charge on any atom is -0.775 e. The van der Waals surface area contributed by atoms with Crippen molar-refractivity contribution in [3.63, 3.8) is 0 Å². The molecule has 8 nitrogen and oxygen atoms in total. The molecule has 0 aliphatic heterocycles. The summed E-state index contributed by atoms with van der Waals surface area (Å²) in [4.78, 5) is 11.5. The van der Waals surface area contributed by atoms with Crippen LogP contribution in [0.2, 0.25) is 0 Å². The van der Waals surface area contributed by atoms with Crippen molar-refractivity contribution in [2.45, 2.75) is 3.82 Å². The van der Waals surface area contributed by atoms with Gasteiger partial charge in [0, 0.05) is 14.2 Å². The minimum absolute atomic E-state index is 0.450. The molecule has 0 saturated heterocycles. The molecular weight excluding hydrogens is 341 g/mol. The average molecular weight is 350 g/mol. The van der Waals surface area contributed by atoms with E-state index in [1.165, 1.54) is 0 Å². The van der Waals surface area contributed by atoms with Crippen LogP contribution in [0, 0.1) is 0 Å². The Morgan fingerprint density at radius 1 is 1.18 bits per heavy atom. The molecule has 104 valence electrons. The molecule has 0 bridgehead atoms. The molecule has 0 rings (SSSR count). The summed E-state index contributed by atoms with van der Waals surface area (Å²) in [6, 6.07) is 0. The normalized spacial score (nSPS) is 17.8. The molecule has 0 N–H and O–H groups in total. The molecule has 0 aliphatic rings. The maximum Gasteiger partial charge on any atom is 0.374 e. The molecule has 0 saturated carbocycles. The molecule has 13 heteroatoms. The zero-order valence-corrected chi connectivity index (χ0v) is 12.9. The molecule has 0 fully saturated rings. The van der Waals surface area contributed by atoms with Crippen LogP contribution in [0.1, 0.15) is 0 Å². The van der Waals surface area contributed by atoms with Crippen LogP contribution in [0.25, 0.3) is 0 Å². The standard InChI is InChI=1S/C4H10Cl2O8P2S/c1-12-16(9,13-2)4(5,6)15(7,8)14-17(3,10)11/h1-3H3,(H,7,8)/p-1. The van der Waals surface area contributed by atoms with E-state index in [2.05, 4.69) is 13.0 Å². The summed E-state index contributed by atoms with van der Waals surface area (Å²) in [5.41, 5.74) is 0. The number of rotatable bonds is 6. The topological polar surface area (TPSA) is 119 Å². The van der Waals surface area contributed by atoms with E-state index in [9.17, 15) is 22.4 Å². The van der Waals surface area contributed by atoms with Crippen LogP contribution in [-0.2, 0) is 32.3 Å². The van der Waals surface area contributed by atoms with Crippen LogP contribution < -0.4 is 4.89 Å². The molecule has 1 unspecified atom stereocenters. The lowest BCUT2D eigenvalue weighted by atomic mass is 11.8. The van der Waals surface area contributed by atoms with Crippen LogP contribution in [0.15, 0.2) is 0 Å². The Balaban J connectivity index is 5.61. The van der Waals surface area contributed by atoms with Gasteiger partial charge in [0.25, 0.3) is 13.9 Å². The lowest BCUT2D eigenvalue weighted by Crippen LogP contribution is -2.26. The highest BCUT2D eigenvalue weighted by molar-refractivity contribution is 7.93. The third-order valence-corrected chi connectivity index (χ3v) is 9.47. The van der Waals surface area contributed by atoms with Gasteiger partial charge in [-0.25, -0.2) is 3.97 Å². The maximum absolute atomic E-state index is 11.7. The molecule has 0 aliphatic carbocycles. The van der Waals surface area contributed by atoms with Crippen LogP contribution in [0.4, 0.5) is 0 Å². The van der Waals surface area contributed by atoms with E-state index < -0.39 is 29.1 Å². The molecular formula is C4H9Cl2O8P2S-. The van der Waals surface area contributed by atoms with Crippen LogP contribution in [-0.4, -0.2) is 32.7 Å². The fourth-order valence-corrected chi connectivity index (χ4v) is 6.37. The van der Waals surface area contributed by atoms with E-state index in [1.807, 2.05) is 0 Å². The minimum atomic E-state index is -5.49. The van der Waals surface area contributed by atoms with Crippen molar-refractivity contribution in [1.82, 2.24) is 0 Å². The Bertz CT molecular complexity index is 464. The van der Waals surface area contributed by atoms with E-state index in [-0.39, 0.29) is 0 Å². The van der Waals surface area contributed by atoms with Crippen molar-refractivity contribution in [3.05, 3.63) is 0 Å². The summed E-state index contributed by atoms with van der Waals surface area (Å²) < 4.78 is 53.7. The number of hydrogen-bond acceptors (Lipinski definition) is 8. The second kappa shape index (κ2) is 5.45. The Kier molecular flexibility index (Phi) is 5.71. The van der Waals surface area contributed by atoms with Crippen molar-refractivity contribution in [2.75, 3.05) is 20.5 Å². The summed E-state index contributed by atoms with van der Waals surface area (Å²) in [7, 11) is -12.8. The Labute approximate surface area is 108 Å². The fourth-order valence-electron chi connectivity index (χ4n) is 0.667. The van der Waals surface area contributed by atoms with Gasteiger partial charge >= 0.3 is 7.60 Å². The summed E-state index contributed by atoms with van der Waals surface area (Å²) in [6.07, 6.45) is 0.450. The highest BCUT2D eigenvalue weighted by atomic mass is 35.5. The molecule has 17 heavy (non-hydrogen) atoms. The van der Waals surface area contributed by atoms with Crippen LogP contribution >= 0.6 is 38.4 Å². The van der Waals surface area contributed by atoms with Gasteiger partial charge in [0.05, 0.1) is 6.26 Å². The van der Waals surface area contributed by atoms with Crippen LogP contribution in [0.5, 0.6) is 0 Å². The maximum atomic E-state index is 11.7. The van der Waals surface area contributed by atoms with Gasteiger partial charge in [-0.3, -0.25) is 4.57 Å². The quantitative estimate of drug-likeness (QED) is 0.516. The van der Waals surface area contributed by atoms with Crippen molar-refractivity contribution >= 4 is 48.5 Å². The summed E-state index contributed by atoms with van der Waals surface area (Å²) >= 11 is 10.7. The highest BCUT2D eigenvalue weighted by Gasteiger charge is 2.57. The van der Waals surface area contributed by atoms with Gasteiger partial charge in [-0.05, 0) is 0 Å². The molecule has 0 aromatic carbocycles. The van der Waals surface area contributed by atoms with Gasteiger partial charge < -0.3 is 18.5 Å². The van der Waals surface area contributed by atoms with E-state index >= 15 is 0 Å². The summed E-state index contributed by atoms with van der Waals surface area (Å²) in [5.74, 6) is 0. The Morgan fingerprint density at radius 3 is 1.76 bits per heavy atom. The van der Waals surface area contributed by atoms with Gasteiger partial charge in [-0.2, -0.15) is 8.42 Å². The van der Waals surface area contributed by atoms with E-state index in [4.69, 9.17) is 23.2 Å². The van der Waals surface area contributed by atoms with Gasteiger partial charge in [-0.15, -0.1) is 0 Å². The molecule has 0 radical (unpaired) electrons. The first-order valence-corrected chi connectivity index (χ1v) is 9.30. The van der Waals surface area contributed by atoms with Crippen molar-refractivity contribution in [3.8, 4) is 0 Å². The molecule has 0 spiro atoms. The molecule has 0 amide bonds. The monoisotopic (exact) mass is 349 g/mol. The van der Waals surface area contributed by atoms with E-state index in [0.29, 0.717) is 6.26 Å². The predicted octanol–water partition coefficient (Wildman–Crippen LogP) is 1.09. The summed E-state index contributed by atoms with van der Waals surface area (Å²) in [6.45, 7) is 0.